The molecule has 2 nitrogen and oxygen atoms in total. The fraction of sp³-hybridized carbons (Fsp3) is 0.316. The Morgan fingerprint density at radius 3 is 2.42 bits per heavy atom. The van der Waals surface area contributed by atoms with E-state index >= 15 is 0 Å². The van der Waals surface area contributed by atoms with Crippen LogP contribution in [0.15, 0.2) is 42.5 Å². The maximum absolute atomic E-state index is 13.4. The van der Waals surface area contributed by atoms with Gasteiger partial charge >= 0.3 is 0 Å². The summed E-state index contributed by atoms with van der Waals surface area (Å²) < 4.78 is 39.5. The average Bonchev–Trinajstić information content (AvgIpc) is 2.83. The minimum absolute atomic E-state index is 0.113. The molecule has 0 bridgehead atoms. The molecule has 1 atom stereocenters. The molecule has 0 N–H and O–H groups in total. The number of carbonyl (C=O) groups excluding carboxylic acids is 1. The minimum atomic E-state index is -1.02. The van der Waals surface area contributed by atoms with Gasteiger partial charge in [-0.2, -0.15) is 0 Å². The summed E-state index contributed by atoms with van der Waals surface area (Å²) >= 11 is 0. The molecule has 0 spiro atoms. The molecule has 0 aromatic heterocycles. The molecule has 0 saturated carbocycles. The molecule has 5 heteroatoms. The van der Waals surface area contributed by atoms with Crippen LogP contribution in [0.25, 0.3) is 0 Å². The zero-order valence-electron chi connectivity index (χ0n) is 13.1. The fourth-order valence-corrected chi connectivity index (χ4v) is 3.15. The van der Waals surface area contributed by atoms with E-state index in [0.717, 1.165) is 37.0 Å². The summed E-state index contributed by atoms with van der Waals surface area (Å²) in [5, 5.41) is 0. The number of likely N-dealkylation sites (tertiary alicyclic amines) is 1. The fourth-order valence-electron chi connectivity index (χ4n) is 3.15. The van der Waals surface area contributed by atoms with Crippen LogP contribution in [-0.2, 0) is 0 Å². The van der Waals surface area contributed by atoms with E-state index in [0.29, 0.717) is 13.1 Å². The van der Waals surface area contributed by atoms with Crippen LogP contribution in [-0.4, -0.2) is 23.9 Å². The second-order valence-electron chi connectivity index (χ2n) is 6.12. The topological polar surface area (TPSA) is 20.3 Å². The van der Waals surface area contributed by atoms with Gasteiger partial charge in [-0.15, -0.1) is 0 Å². The van der Waals surface area contributed by atoms with Crippen molar-refractivity contribution in [3.8, 4) is 0 Å². The lowest BCUT2D eigenvalue weighted by Gasteiger charge is -2.25. The minimum Gasteiger partial charge on any atom is -0.338 e. The molecule has 0 radical (unpaired) electrons. The number of hydrogen-bond acceptors (Lipinski definition) is 1. The molecular weight excluding hydrogens is 315 g/mol. The number of benzene rings is 2. The van der Waals surface area contributed by atoms with Crippen molar-refractivity contribution in [3.05, 3.63) is 71.0 Å². The molecule has 24 heavy (non-hydrogen) atoms. The van der Waals surface area contributed by atoms with Crippen LogP contribution in [0, 0.1) is 17.5 Å². The normalized spacial score (nSPS) is 18.3. The first-order chi connectivity index (χ1) is 11.5. The summed E-state index contributed by atoms with van der Waals surface area (Å²) in [6.45, 7) is 1.07. The molecule has 1 unspecified atom stereocenters. The molecule has 1 aliphatic rings. The van der Waals surface area contributed by atoms with E-state index in [1.807, 2.05) is 0 Å². The first kappa shape index (κ1) is 16.6. The molecule has 1 aliphatic heterocycles. The molecule has 1 fully saturated rings. The lowest BCUT2D eigenvalue weighted by atomic mass is 9.94. The highest BCUT2D eigenvalue weighted by atomic mass is 19.2. The quantitative estimate of drug-likeness (QED) is 0.792. The Balaban J connectivity index is 1.80. The van der Waals surface area contributed by atoms with Crippen LogP contribution in [0.5, 0.6) is 0 Å². The van der Waals surface area contributed by atoms with Gasteiger partial charge in [0.1, 0.15) is 5.82 Å². The number of rotatable bonds is 2. The third-order valence-electron chi connectivity index (χ3n) is 4.47. The third kappa shape index (κ3) is 3.61. The number of carbonyl (C=O) groups is 1. The molecule has 1 heterocycles. The predicted octanol–water partition coefficient (Wildman–Crippen LogP) is 4.51. The summed E-state index contributed by atoms with van der Waals surface area (Å²) in [5.74, 6) is -2.47. The summed E-state index contributed by atoms with van der Waals surface area (Å²) in [5.41, 5.74) is 1.13. The Morgan fingerprint density at radius 2 is 1.71 bits per heavy atom. The lowest BCUT2D eigenvalue weighted by molar-refractivity contribution is 0.0754. The molecule has 3 rings (SSSR count). The maximum atomic E-state index is 13.4. The smallest absolute Gasteiger partial charge is 0.253 e. The molecule has 1 amide bonds. The van der Waals surface area contributed by atoms with Gasteiger partial charge in [0.05, 0.1) is 0 Å². The molecule has 2 aromatic rings. The van der Waals surface area contributed by atoms with E-state index in [4.69, 9.17) is 0 Å². The monoisotopic (exact) mass is 333 g/mol. The molecular formula is C19H18F3NO. The maximum Gasteiger partial charge on any atom is 0.253 e. The number of nitrogens with zero attached hydrogens (tertiary/aromatic N) is 1. The lowest BCUT2D eigenvalue weighted by Crippen LogP contribution is -2.34. The summed E-state index contributed by atoms with van der Waals surface area (Å²) in [6.07, 6.45) is 2.73. The van der Waals surface area contributed by atoms with Gasteiger partial charge in [0, 0.05) is 24.6 Å². The SMILES string of the molecule is O=C(c1ccc(F)c(F)c1)N1CCCCC(c2ccc(F)cc2)C1. The number of hydrogen-bond donors (Lipinski definition) is 0. The number of amides is 1. The highest BCUT2D eigenvalue weighted by molar-refractivity contribution is 5.94. The highest BCUT2D eigenvalue weighted by Gasteiger charge is 2.24. The van der Waals surface area contributed by atoms with E-state index in [-0.39, 0.29) is 23.2 Å². The number of halogens is 3. The van der Waals surface area contributed by atoms with E-state index in [2.05, 4.69) is 0 Å². The van der Waals surface area contributed by atoms with Crippen molar-refractivity contribution in [2.45, 2.75) is 25.2 Å². The first-order valence-corrected chi connectivity index (χ1v) is 8.04. The summed E-state index contributed by atoms with van der Waals surface area (Å²) in [7, 11) is 0. The molecule has 126 valence electrons. The summed E-state index contributed by atoms with van der Waals surface area (Å²) in [6, 6.07) is 9.53. The summed E-state index contributed by atoms with van der Waals surface area (Å²) in [4.78, 5) is 14.3. The zero-order valence-corrected chi connectivity index (χ0v) is 13.1. The highest BCUT2D eigenvalue weighted by Crippen LogP contribution is 2.27. The van der Waals surface area contributed by atoms with Crippen molar-refractivity contribution >= 4 is 5.91 Å². The van der Waals surface area contributed by atoms with Crippen LogP contribution >= 0.6 is 0 Å². The van der Waals surface area contributed by atoms with Gasteiger partial charge < -0.3 is 4.90 Å². The van der Waals surface area contributed by atoms with Gasteiger partial charge in [-0.25, -0.2) is 13.2 Å². The average molecular weight is 333 g/mol. The van der Waals surface area contributed by atoms with Crippen molar-refractivity contribution in [3.63, 3.8) is 0 Å². The third-order valence-corrected chi connectivity index (χ3v) is 4.47. The van der Waals surface area contributed by atoms with E-state index in [1.165, 1.54) is 18.2 Å². The van der Waals surface area contributed by atoms with Gasteiger partial charge in [0.25, 0.3) is 5.91 Å². The Hall–Kier alpha value is -2.30. The van der Waals surface area contributed by atoms with E-state index in [1.54, 1.807) is 17.0 Å². The first-order valence-electron chi connectivity index (χ1n) is 8.04. The second kappa shape index (κ2) is 7.07. The van der Waals surface area contributed by atoms with Crippen LogP contribution < -0.4 is 0 Å². The van der Waals surface area contributed by atoms with Gasteiger partial charge in [0.2, 0.25) is 0 Å². The van der Waals surface area contributed by atoms with Crippen molar-refractivity contribution in [2.75, 3.05) is 13.1 Å². The zero-order chi connectivity index (χ0) is 17.1. The predicted molar refractivity (Wildman–Crippen MR) is 85.3 cm³/mol. The van der Waals surface area contributed by atoms with Crippen molar-refractivity contribution in [2.24, 2.45) is 0 Å². The molecule has 1 saturated heterocycles. The van der Waals surface area contributed by atoms with Crippen LogP contribution in [0.3, 0.4) is 0 Å². The van der Waals surface area contributed by atoms with Crippen LogP contribution in [0.4, 0.5) is 13.2 Å². The van der Waals surface area contributed by atoms with Crippen molar-refractivity contribution < 1.29 is 18.0 Å². The van der Waals surface area contributed by atoms with Crippen molar-refractivity contribution in [1.82, 2.24) is 4.90 Å². The van der Waals surface area contributed by atoms with E-state index < -0.39 is 11.6 Å². The van der Waals surface area contributed by atoms with Crippen LogP contribution in [0.2, 0.25) is 0 Å². The Labute approximate surface area is 138 Å². The standard InChI is InChI=1S/C19H18F3NO/c20-16-7-4-13(5-8-16)15-3-1-2-10-23(12-15)19(24)14-6-9-17(21)18(22)11-14/h4-9,11,15H,1-3,10,12H2. The van der Waals surface area contributed by atoms with Crippen LogP contribution in [0.1, 0.15) is 41.1 Å². The van der Waals surface area contributed by atoms with Crippen molar-refractivity contribution in [1.29, 1.82) is 0 Å². The largest absolute Gasteiger partial charge is 0.338 e. The molecule has 2 aromatic carbocycles. The Morgan fingerprint density at radius 1 is 0.958 bits per heavy atom. The molecule has 0 aliphatic carbocycles. The Bertz CT molecular complexity index is 730. The van der Waals surface area contributed by atoms with E-state index in [9.17, 15) is 18.0 Å². The van der Waals surface area contributed by atoms with Gasteiger partial charge in [0.15, 0.2) is 11.6 Å². The second-order valence-corrected chi connectivity index (χ2v) is 6.12. The van der Waals surface area contributed by atoms with Gasteiger partial charge in [-0.1, -0.05) is 18.6 Å². The van der Waals surface area contributed by atoms with Gasteiger partial charge in [-0.3, -0.25) is 4.79 Å². The van der Waals surface area contributed by atoms with Gasteiger partial charge in [-0.05, 0) is 48.7 Å². The Kier molecular flexibility index (Phi) is 4.88.